The van der Waals surface area contributed by atoms with E-state index in [1.807, 2.05) is 13.0 Å². The number of anilines is 1. The molecule has 2 rings (SSSR count). The number of amides is 2. The third-order valence-corrected chi connectivity index (χ3v) is 3.42. The van der Waals surface area contributed by atoms with Gasteiger partial charge in [0.2, 0.25) is 0 Å². The summed E-state index contributed by atoms with van der Waals surface area (Å²) in [5.41, 5.74) is 0.705. The first-order chi connectivity index (χ1) is 9.63. The van der Waals surface area contributed by atoms with Gasteiger partial charge in [-0.05, 0) is 26.1 Å². The van der Waals surface area contributed by atoms with Gasteiger partial charge in [-0.1, -0.05) is 0 Å². The van der Waals surface area contributed by atoms with Crippen molar-refractivity contribution >= 4 is 11.7 Å². The standard InChI is InChI=1S/C14H23N5O/c1-12(11-19-8-6-18(2)7-9-19)16-14(20)17-13-4-3-5-15-10-13/h3-5,10,12H,6-9,11H2,1-2H3,(H2,16,17,20). The smallest absolute Gasteiger partial charge is 0.319 e. The summed E-state index contributed by atoms with van der Waals surface area (Å²) in [4.78, 5) is 20.5. The van der Waals surface area contributed by atoms with E-state index in [9.17, 15) is 4.79 Å². The highest BCUT2D eigenvalue weighted by molar-refractivity contribution is 5.89. The Kier molecular flexibility index (Phi) is 5.31. The molecule has 1 aromatic heterocycles. The normalized spacial score (nSPS) is 18.5. The zero-order valence-electron chi connectivity index (χ0n) is 12.2. The lowest BCUT2D eigenvalue weighted by Crippen LogP contribution is -2.50. The molecule has 2 heterocycles. The predicted octanol–water partition coefficient (Wildman–Crippen LogP) is 0.839. The zero-order valence-corrected chi connectivity index (χ0v) is 12.2. The Morgan fingerprint density at radius 2 is 2.15 bits per heavy atom. The zero-order chi connectivity index (χ0) is 14.4. The lowest BCUT2D eigenvalue weighted by Gasteiger charge is -2.34. The Hall–Kier alpha value is -1.66. The molecule has 1 aliphatic heterocycles. The predicted molar refractivity (Wildman–Crippen MR) is 79.8 cm³/mol. The molecule has 0 saturated carbocycles. The molecule has 0 bridgehead atoms. The average molecular weight is 277 g/mol. The molecule has 2 amide bonds. The second-order valence-corrected chi connectivity index (χ2v) is 5.35. The van der Waals surface area contributed by atoms with E-state index in [1.54, 1.807) is 18.5 Å². The number of carbonyl (C=O) groups excluding carboxylic acids is 1. The minimum atomic E-state index is -0.181. The van der Waals surface area contributed by atoms with Gasteiger partial charge in [-0.25, -0.2) is 4.79 Å². The number of likely N-dealkylation sites (N-methyl/N-ethyl adjacent to an activating group) is 1. The summed E-state index contributed by atoms with van der Waals surface area (Å²) in [7, 11) is 2.14. The van der Waals surface area contributed by atoms with E-state index >= 15 is 0 Å². The van der Waals surface area contributed by atoms with Crippen molar-refractivity contribution in [2.45, 2.75) is 13.0 Å². The van der Waals surface area contributed by atoms with Crippen molar-refractivity contribution in [1.82, 2.24) is 20.1 Å². The molecule has 0 aromatic carbocycles. The first-order valence-electron chi connectivity index (χ1n) is 7.02. The van der Waals surface area contributed by atoms with Gasteiger partial charge in [-0.15, -0.1) is 0 Å². The molecule has 1 saturated heterocycles. The Bertz CT molecular complexity index is 417. The number of pyridine rings is 1. The van der Waals surface area contributed by atoms with Gasteiger partial charge >= 0.3 is 6.03 Å². The number of rotatable bonds is 4. The van der Waals surface area contributed by atoms with Crippen LogP contribution >= 0.6 is 0 Å². The molecular weight excluding hydrogens is 254 g/mol. The van der Waals surface area contributed by atoms with Gasteiger partial charge in [-0.2, -0.15) is 0 Å². The summed E-state index contributed by atoms with van der Waals surface area (Å²) in [5, 5.41) is 5.73. The topological polar surface area (TPSA) is 60.5 Å². The van der Waals surface area contributed by atoms with Crippen LogP contribution in [-0.2, 0) is 0 Å². The van der Waals surface area contributed by atoms with E-state index in [0.717, 1.165) is 32.7 Å². The fourth-order valence-corrected chi connectivity index (χ4v) is 2.29. The number of nitrogens with zero attached hydrogens (tertiary/aromatic N) is 3. The summed E-state index contributed by atoms with van der Waals surface area (Å²) in [5.74, 6) is 0. The Morgan fingerprint density at radius 1 is 1.40 bits per heavy atom. The Labute approximate surface area is 120 Å². The maximum atomic E-state index is 11.8. The Balaban J connectivity index is 1.71. The van der Waals surface area contributed by atoms with Crippen LogP contribution < -0.4 is 10.6 Å². The molecule has 2 N–H and O–H groups in total. The molecule has 6 nitrogen and oxygen atoms in total. The third kappa shape index (κ3) is 4.79. The lowest BCUT2D eigenvalue weighted by molar-refractivity contribution is 0.145. The molecular formula is C14H23N5O. The van der Waals surface area contributed by atoms with Crippen LogP contribution in [0.5, 0.6) is 0 Å². The highest BCUT2D eigenvalue weighted by Crippen LogP contribution is 2.03. The third-order valence-electron chi connectivity index (χ3n) is 3.42. The average Bonchev–Trinajstić information content (AvgIpc) is 2.42. The molecule has 20 heavy (non-hydrogen) atoms. The minimum absolute atomic E-state index is 0.120. The molecule has 0 radical (unpaired) electrons. The van der Waals surface area contributed by atoms with Crippen LogP contribution in [-0.4, -0.2) is 66.6 Å². The number of nitrogens with one attached hydrogen (secondary N) is 2. The van der Waals surface area contributed by atoms with E-state index in [2.05, 4.69) is 32.5 Å². The van der Waals surface area contributed by atoms with Crippen molar-refractivity contribution in [1.29, 1.82) is 0 Å². The quantitative estimate of drug-likeness (QED) is 0.856. The summed E-state index contributed by atoms with van der Waals surface area (Å²) in [6, 6.07) is 3.55. The summed E-state index contributed by atoms with van der Waals surface area (Å²) in [6.45, 7) is 7.22. The van der Waals surface area contributed by atoms with Crippen LogP contribution in [0.25, 0.3) is 0 Å². The van der Waals surface area contributed by atoms with E-state index in [0.29, 0.717) is 5.69 Å². The number of carbonyl (C=O) groups is 1. The number of hydrogen-bond donors (Lipinski definition) is 2. The van der Waals surface area contributed by atoms with Crippen LogP contribution in [0.3, 0.4) is 0 Å². The maximum Gasteiger partial charge on any atom is 0.319 e. The van der Waals surface area contributed by atoms with Gasteiger partial charge in [0.25, 0.3) is 0 Å². The molecule has 1 fully saturated rings. The van der Waals surface area contributed by atoms with Gasteiger partial charge in [0.15, 0.2) is 0 Å². The molecule has 1 atom stereocenters. The molecule has 110 valence electrons. The van der Waals surface area contributed by atoms with E-state index in [1.165, 1.54) is 0 Å². The van der Waals surface area contributed by atoms with Gasteiger partial charge < -0.3 is 15.5 Å². The molecule has 1 aliphatic rings. The van der Waals surface area contributed by atoms with E-state index in [4.69, 9.17) is 0 Å². The molecule has 6 heteroatoms. The number of hydrogen-bond acceptors (Lipinski definition) is 4. The van der Waals surface area contributed by atoms with Crippen LogP contribution in [0.15, 0.2) is 24.5 Å². The Morgan fingerprint density at radius 3 is 2.80 bits per heavy atom. The fraction of sp³-hybridized carbons (Fsp3) is 0.571. The summed E-state index contributed by atoms with van der Waals surface area (Å²) in [6.07, 6.45) is 3.31. The second-order valence-electron chi connectivity index (χ2n) is 5.35. The van der Waals surface area contributed by atoms with Crippen molar-refractivity contribution in [3.05, 3.63) is 24.5 Å². The number of urea groups is 1. The highest BCUT2D eigenvalue weighted by atomic mass is 16.2. The van der Waals surface area contributed by atoms with Crippen molar-refractivity contribution in [3.63, 3.8) is 0 Å². The number of aromatic nitrogens is 1. The van der Waals surface area contributed by atoms with Crippen molar-refractivity contribution < 1.29 is 4.79 Å². The van der Waals surface area contributed by atoms with Crippen LogP contribution in [0, 0.1) is 0 Å². The van der Waals surface area contributed by atoms with Gasteiger partial charge in [0.05, 0.1) is 11.9 Å². The van der Waals surface area contributed by atoms with E-state index in [-0.39, 0.29) is 12.1 Å². The van der Waals surface area contributed by atoms with Gasteiger partial charge in [0.1, 0.15) is 0 Å². The van der Waals surface area contributed by atoms with Crippen molar-refractivity contribution in [3.8, 4) is 0 Å². The number of piperazine rings is 1. The van der Waals surface area contributed by atoms with E-state index < -0.39 is 0 Å². The minimum Gasteiger partial charge on any atom is -0.334 e. The van der Waals surface area contributed by atoms with Crippen LogP contribution in [0.4, 0.5) is 10.5 Å². The van der Waals surface area contributed by atoms with Gasteiger partial charge in [0, 0.05) is 45.0 Å². The summed E-state index contributed by atoms with van der Waals surface area (Å²) >= 11 is 0. The largest absolute Gasteiger partial charge is 0.334 e. The van der Waals surface area contributed by atoms with Crippen molar-refractivity contribution in [2.24, 2.45) is 0 Å². The molecule has 0 aliphatic carbocycles. The summed E-state index contributed by atoms with van der Waals surface area (Å²) < 4.78 is 0. The second kappa shape index (κ2) is 7.21. The first-order valence-corrected chi connectivity index (χ1v) is 7.02. The van der Waals surface area contributed by atoms with Crippen molar-refractivity contribution in [2.75, 3.05) is 45.1 Å². The fourth-order valence-electron chi connectivity index (χ4n) is 2.29. The molecule has 0 spiro atoms. The first kappa shape index (κ1) is 14.7. The maximum absolute atomic E-state index is 11.8. The monoisotopic (exact) mass is 277 g/mol. The SMILES string of the molecule is CC(CN1CCN(C)CC1)NC(=O)Nc1cccnc1. The lowest BCUT2D eigenvalue weighted by atomic mass is 10.2. The highest BCUT2D eigenvalue weighted by Gasteiger charge is 2.17. The van der Waals surface area contributed by atoms with Crippen LogP contribution in [0.2, 0.25) is 0 Å². The van der Waals surface area contributed by atoms with Gasteiger partial charge in [-0.3, -0.25) is 9.88 Å². The molecule has 1 unspecified atom stereocenters. The molecule has 1 aromatic rings. The van der Waals surface area contributed by atoms with Crippen LogP contribution in [0.1, 0.15) is 6.92 Å².